The molecular formula is C43H48N6O4. The average Bonchev–Trinajstić information content (AvgIpc) is 3.15. The summed E-state index contributed by atoms with van der Waals surface area (Å²) in [7, 11) is 0. The number of para-hydroxylation sites is 2. The first-order valence-electron chi connectivity index (χ1n) is 18.8. The summed E-state index contributed by atoms with van der Waals surface area (Å²) >= 11 is 0. The van der Waals surface area contributed by atoms with Crippen molar-refractivity contribution in [2.45, 2.75) is 77.5 Å². The zero-order chi connectivity index (χ0) is 37.2. The minimum atomic E-state index is -0.279. The summed E-state index contributed by atoms with van der Waals surface area (Å²) in [4.78, 5) is 57.3. The molecule has 274 valence electrons. The predicted octanol–water partition coefficient (Wildman–Crippen LogP) is 7.77. The second kappa shape index (κ2) is 15.1. The van der Waals surface area contributed by atoms with Gasteiger partial charge in [0.15, 0.2) is 0 Å². The van der Waals surface area contributed by atoms with Gasteiger partial charge in [0.2, 0.25) is 17.7 Å². The van der Waals surface area contributed by atoms with E-state index in [-0.39, 0.29) is 53.7 Å². The van der Waals surface area contributed by atoms with E-state index >= 15 is 0 Å². The van der Waals surface area contributed by atoms with Crippen molar-refractivity contribution in [3.63, 3.8) is 0 Å². The Balaban J connectivity index is 0.906. The van der Waals surface area contributed by atoms with E-state index in [0.29, 0.717) is 37.2 Å². The van der Waals surface area contributed by atoms with Gasteiger partial charge in [-0.1, -0.05) is 50.2 Å². The van der Waals surface area contributed by atoms with E-state index in [0.717, 1.165) is 46.7 Å². The maximum atomic E-state index is 13.3. The third-order valence-corrected chi connectivity index (χ3v) is 10.8. The van der Waals surface area contributed by atoms with Crippen LogP contribution in [0, 0.1) is 5.92 Å². The highest BCUT2D eigenvalue weighted by molar-refractivity contribution is 5.99. The lowest BCUT2D eigenvalue weighted by Crippen LogP contribution is -2.54. The lowest BCUT2D eigenvalue weighted by molar-refractivity contribution is -0.123. The Morgan fingerprint density at radius 1 is 0.604 bits per heavy atom. The van der Waals surface area contributed by atoms with Crippen LogP contribution in [0.2, 0.25) is 0 Å². The second-order valence-corrected chi connectivity index (χ2v) is 14.5. The zero-order valence-electron chi connectivity index (χ0n) is 30.8. The Morgan fingerprint density at radius 2 is 1.04 bits per heavy atom. The van der Waals surface area contributed by atoms with Gasteiger partial charge in [0.1, 0.15) is 0 Å². The highest BCUT2D eigenvalue weighted by atomic mass is 16.2. The van der Waals surface area contributed by atoms with Crippen molar-refractivity contribution in [3.8, 4) is 0 Å². The quantitative estimate of drug-likeness (QED) is 0.163. The Labute approximate surface area is 311 Å². The van der Waals surface area contributed by atoms with Crippen molar-refractivity contribution in [2.24, 2.45) is 5.92 Å². The monoisotopic (exact) mass is 712 g/mol. The van der Waals surface area contributed by atoms with Crippen LogP contribution in [0.5, 0.6) is 0 Å². The van der Waals surface area contributed by atoms with Gasteiger partial charge in [0.05, 0.1) is 18.0 Å². The fourth-order valence-electron chi connectivity index (χ4n) is 8.00. The van der Waals surface area contributed by atoms with Crippen molar-refractivity contribution < 1.29 is 19.2 Å². The molecule has 4 aromatic rings. The summed E-state index contributed by atoms with van der Waals surface area (Å²) in [5.74, 6) is -0.231. The third-order valence-electron chi connectivity index (χ3n) is 10.8. The largest absolute Gasteiger partial charge is 0.378 e. The first-order valence-corrected chi connectivity index (χ1v) is 18.8. The van der Waals surface area contributed by atoms with Crippen LogP contribution < -0.4 is 25.8 Å². The van der Waals surface area contributed by atoms with Crippen LogP contribution >= 0.6 is 0 Å². The van der Waals surface area contributed by atoms with Gasteiger partial charge >= 0.3 is 0 Å². The normalized spacial score (nSPS) is 20.8. The van der Waals surface area contributed by atoms with Gasteiger partial charge in [0.25, 0.3) is 5.91 Å². The van der Waals surface area contributed by atoms with E-state index in [2.05, 4.69) is 41.9 Å². The number of hydrogen-bond acceptors (Lipinski definition) is 6. The molecule has 4 amide bonds. The molecule has 0 aromatic heterocycles. The molecule has 10 nitrogen and oxygen atoms in total. The molecule has 0 spiro atoms. The molecule has 53 heavy (non-hydrogen) atoms. The summed E-state index contributed by atoms with van der Waals surface area (Å²) in [6.45, 7) is 8.69. The topological polar surface area (TPSA) is 114 Å². The first-order chi connectivity index (χ1) is 25.6. The van der Waals surface area contributed by atoms with Gasteiger partial charge < -0.3 is 30.7 Å². The van der Waals surface area contributed by atoms with Gasteiger partial charge in [-0.15, -0.1) is 0 Å². The van der Waals surface area contributed by atoms with Crippen molar-refractivity contribution in [3.05, 3.63) is 114 Å². The molecule has 1 fully saturated rings. The van der Waals surface area contributed by atoms with E-state index in [1.807, 2.05) is 109 Å². The molecule has 3 aliphatic heterocycles. The molecule has 0 bridgehead atoms. The third kappa shape index (κ3) is 7.23. The molecule has 4 atom stereocenters. The number of anilines is 5. The lowest BCUT2D eigenvalue weighted by atomic mass is 9.91. The van der Waals surface area contributed by atoms with Gasteiger partial charge in [-0.05, 0) is 98.5 Å². The van der Waals surface area contributed by atoms with Gasteiger partial charge in [-0.25, -0.2) is 0 Å². The Hall–Kier alpha value is -5.64. The van der Waals surface area contributed by atoms with Crippen molar-refractivity contribution in [1.82, 2.24) is 4.90 Å². The number of benzene rings is 4. The second-order valence-electron chi connectivity index (χ2n) is 14.5. The lowest BCUT2D eigenvalue weighted by Gasteiger charge is -2.40. The fraction of sp³-hybridized carbons (Fsp3) is 0.349. The molecule has 3 heterocycles. The van der Waals surface area contributed by atoms with Gasteiger partial charge in [0, 0.05) is 72.0 Å². The molecule has 0 aliphatic carbocycles. The predicted molar refractivity (Wildman–Crippen MR) is 210 cm³/mol. The van der Waals surface area contributed by atoms with E-state index in [1.54, 1.807) is 4.90 Å². The van der Waals surface area contributed by atoms with E-state index in [4.69, 9.17) is 0 Å². The van der Waals surface area contributed by atoms with Gasteiger partial charge in [-0.2, -0.15) is 0 Å². The number of nitrogens with one attached hydrogen (secondary N) is 3. The maximum absolute atomic E-state index is 13.3. The minimum Gasteiger partial charge on any atom is -0.378 e. The Morgan fingerprint density at radius 3 is 1.51 bits per heavy atom. The number of fused-ring (bicyclic) bond motifs is 2. The number of carbonyl (C=O) groups is 4. The molecule has 3 aliphatic rings. The number of amides is 4. The van der Waals surface area contributed by atoms with E-state index in [9.17, 15) is 19.2 Å². The number of rotatable bonds is 9. The van der Waals surface area contributed by atoms with Crippen molar-refractivity contribution >= 4 is 52.1 Å². The fourth-order valence-corrected chi connectivity index (χ4v) is 8.00. The molecule has 10 heteroatoms. The number of nitrogens with zero attached hydrogens (tertiary/aromatic N) is 3. The van der Waals surface area contributed by atoms with Crippen LogP contribution in [-0.2, 0) is 14.4 Å². The van der Waals surface area contributed by atoms with Crippen LogP contribution in [0.3, 0.4) is 0 Å². The summed E-state index contributed by atoms with van der Waals surface area (Å²) < 4.78 is 0. The number of likely N-dealkylation sites (tertiary alicyclic amines) is 1. The average molecular weight is 713 g/mol. The van der Waals surface area contributed by atoms with Crippen molar-refractivity contribution in [1.29, 1.82) is 0 Å². The van der Waals surface area contributed by atoms with Crippen molar-refractivity contribution in [2.75, 3.05) is 38.8 Å². The highest BCUT2D eigenvalue weighted by Gasteiger charge is 2.37. The molecule has 0 radical (unpaired) electrons. The van der Waals surface area contributed by atoms with E-state index < -0.39 is 0 Å². The zero-order valence-corrected chi connectivity index (χ0v) is 30.8. The first kappa shape index (κ1) is 35.7. The number of hydrogen-bond donors (Lipinski definition) is 3. The summed E-state index contributed by atoms with van der Waals surface area (Å²) in [5.41, 5.74) is 7.20. The standard InChI is InChI=1S/C43H48N6O4/c1-5-40(50)48-27(3)23-36(34-11-7-9-13-38(34)48)44-31-17-15-29(16-18-31)43(53)47-25-30(26-47)42(52)46-33-21-19-32(20-22-33)45-37-24-28(4)49(41(51)6-2)39-14-10-8-12-35(37)39/h7-22,27-28,30,36-37,44-45H,5-6,23-26H2,1-4H3,(H,46,52)/t27-,28-,36+,37+/m0/s1. The summed E-state index contributed by atoms with van der Waals surface area (Å²) in [5, 5.41) is 10.3. The SMILES string of the molecule is CCC(=O)N1c2ccccc2[C@H](Nc2ccc(NC(=O)C3CN(C(=O)c4ccc(N[C@@H]5C[C@H](C)N(C(=O)CC)c6ccccc65)cc4)C3)cc2)C[C@@H]1C. The van der Waals surface area contributed by atoms with E-state index in [1.165, 1.54) is 0 Å². The molecular weight excluding hydrogens is 665 g/mol. The highest BCUT2D eigenvalue weighted by Crippen LogP contribution is 2.41. The van der Waals surface area contributed by atoms with Crippen LogP contribution in [0.15, 0.2) is 97.1 Å². The van der Waals surface area contributed by atoms with Crippen LogP contribution in [0.25, 0.3) is 0 Å². The molecule has 0 unspecified atom stereocenters. The Bertz CT molecular complexity index is 1990. The smallest absolute Gasteiger partial charge is 0.253 e. The minimum absolute atomic E-state index is 0.0360. The summed E-state index contributed by atoms with van der Waals surface area (Å²) in [6, 6.07) is 31.5. The molecule has 7 rings (SSSR count). The van der Waals surface area contributed by atoms with Gasteiger partial charge in [-0.3, -0.25) is 19.2 Å². The molecule has 0 saturated carbocycles. The number of carbonyl (C=O) groups excluding carboxylic acids is 4. The molecule has 4 aromatic carbocycles. The van der Waals surface area contributed by atoms with Crippen LogP contribution in [0.4, 0.5) is 28.4 Å². The van der Waals surface area contributed by atoms with Crippen LogP contribution in [-0.4, -0.2) is 53.7 Å². The molecule has 3 N–H and O–H groups in total. The summed E-state index contributed by atoms with van der Waals surface area (Å²) in [6.07, 6.45) is 2.49. The Kier molecular flexibility index (Phi) is 10.2. The molecule has 1 saturated heterocycles. The van der Waals surface area contributed by atoms with Crippen LogP contribution in [0.1, 0.15) is 86.9 Å². The maximum Gasteiger partial charge on any atom is 0.253 e.